The number of primary amides is 1. The molecule has 0 bridgehead atoms. The second-order valence-electron chi connectivity index (χ2n) is 4.43. The molecule has 0 aliphatic carbocycles. The minimum atomic E-state index is -0.798. The second kappa shape index (κ2) is 6.21. The average Bonchev–Trinajstić information content (AvgIpc) is 2.92. The fourth-order valence-corrected chi connectivity index (χ4v) is 3.00. The lowest BCUT2D eigenvalue weighted by Gasteiger charge is -2.06. The molecule has 0 saturated heterocycles. The van der Waals surface area contributed by atoms with Crippen molar-refractivity contribution >= 4 is 39.1 Å². The van der Waals surface area contributed by atoms with Crippen molar-refractivity contribution in [2.24, 2.45) is 5.73 Å². The molecule has 0 radical (unpaired) electrons. The first-order valence-electron chi connectivity index (χ1n) is 6.34. The van der Waals surface area contributed by atoms with E-state index in [-0.39, 0.29) is 6.61 Å². The van der Waals surface area contributed by atoms with Gasteiger partial charge in [0.25, 0.3) is 0 Å². The molecule has 0 spiro atoms. The molecular weight excluding hydrogens is 324 g/mol. The predicted molar refractivity (Wildman–Crippen MR) is 85.5 cm³/mol. The van der Waals surface area contributed by atoms with E-state index in [1.807, 2.05) is 6.07 Å². The maximum Gasteiger partial charge on any atom is 0.404 e. The normalized spacial score (nSPS) is 10.6. The van der Waals surface area contributed by atoms with Crippen LogP contribution in [0.5, 0.6) is 11.5 Å². The lowest BCUT2D eigenvalue weighted by atomic mass is 10.3. The molecule has 3 aromatic rings. The van der Waals surface area contributed by atoms with Crippen LogP contribution in [0.15, 0.2) is 42.7 Å². The van der Waals surface area contributed by atoms with Gasteiger partial charge in [0, 0.05) is 21.5 Å². The number of benzene rings is 1. The van der Waals surface area contributed by atoms with Crippen LogP contribution in [0, 0.1) is 0 Å². The summed E-state index contributed by atoms with van der Waals surface area (Å²) < 4.78 is 11.6. The van der Waals surface area contributed by atoms with Crippen LogP contribution in [0.1, 0.15) is 4.88 Å². The minimum absolute atomic E-state index is 0.134. The predicted octanol–water partition coefficient (Wildman–Crippen LogP) is 4.34. The van der Waals surface area contributed by atoms with Gasteiger partial charge in [-0.2, -0.15) is 0 Å². The summed E-state index contributed by atoms with van der Waals surface area (Å²) in [5.41, 5.74) is 4.97. The van der Waals surface area contributed by atoms with Crippen molar-refractivity contribution in [1.82, 2.24) is 4.98 Å². The van der Waals surface area contributed by atoms with Crippen molar-refractivity contribution < 1.29 is 14.3 Å². The Bertz CT molecular complexity index is 817. The van der Waals surface area contributed by atoms with Gasteiger partial charge in [0.05, 0.1) is 10.9 Å². The van der Waals surface area contributed by atoms with Crippen molar-refractivity contribution in [2.75, 3.05) is 0 Å². The van der Waals surface area contributed by atoms with Gasteiger partial charge < -0.3 is 15.2 Å². The third-order valence-electron chi connectivity index (χ3n) is 2.86. The Kier molecular flexibility index (Phi) is 4.13. The van der Waals surface area contributed by atoms with Crippen LogP contribution in [0.25, 0.3) is 10.1 Å². The highest BCUT2D eigenvalue weighted by Gasteiger charge is 2.10. The largest absolute Gasteiger partial charge is 0.455 e. The number of hydrogen-bond donors (Lipinski definition) is 1. The van der Waals surface area contributed by atoms with E-state index in [2.05, 4.69) is 4.98 Å². The third-order valence-corrected chi connectivity index (χ3v) is 4.15. The van der Waals surface area contributed by atoms with Gasteiger partial charge >= 0.3 is 6.09 Å². The molecular formula is C15H11ClN2O3S. The van der Waals surface area contributed by atoms with Gasteiger partial charge in [-0.15, -0.1) is 11.3 Å². The summed E-state index contributed by atoms with van der Waals surface area (Å²) in [6.07, 6.45) is 2.58. The molecule has 2 heterocycles. The molecule has 0 saturated carbocycles. The van der Waals surface area contributed by atoms with Gasteiger partial charge in [-0.25, -0.2) is 4.79 Å². The third kappa shape index (κ3) is 3.29. The average molecular weight is 335 g/mol. The van der Waals surface area contributed by atoms with Crippen molar-refractivity contribution in [3.05, 3.63) is 52.6 Å². The number of halogens is 1. The van der Waals surface area contributed by atoms with E-state index < -0.39 is 6.09 Å². The van der Waals surface area contributed by atoms with E-state index >= 15 is 0 Å². The van der Waals surface area contributed by atoms with E-state index in [0.717, 1.165) is 15.0 Å². The number of fused-ring (bicyclic) bond motifs is 1. The first kappa shape index (κ1) is 14.6. The fourth-order valence-electron chi connectivity index (χ4n) is 1.91. The van der Waals surface area contributed by atoms with Gasteiger partial charge in [-0.05, 0) is 30.3 Å². The van der Waals surface area contributed by atoms with Crippen LogP contribution in [0.4, 0.5) is 4.79 Å². The van der Waals surface area contributed by atoms with Crippen LogP contribution in [0.2, 0.25) is 5.02 Å². The zero-order valence-corrected chi connectivity index (χ0v) is 12.9. The monoisotopic (exact) mass is 334 g/mol. The maximum absolute atomic E-state index is 10.7. The van der Waals surface area contributed by atoms with Crippen LogP contribution < -0.4 is 10.5 Å². The zero-order valence-electron chi connectivity index (χ0n) is 11.3. The van der Waals surface area contributed by atoms with Crippen molar-refractivity contribution in [2.45, 2.75) is 6.61 Å². The van der Waals surface area contributed by atoms with E-state index in [1.165, 1.54) is 11.3 Å². The van der Waals surface area contributed by atoms with Gasteiger partial charge in [0.15, 0.2) is 5.75 Å². The van der Waals surface area contributed by atoms with Gasteiger partial charge in [-0.3, -0.25) is 4.98 Å². The molecule has 22 heavy (non-hydrogen) atoms. The SMILES string of the molecule is NC(=O)OCc1cc2c(Oc3ccc(Cl)cc3)cncc2s1. The Labute approximate surface area is 135 Å². The van der Waals surface area contributed by atoms with E-state index in [1.54, 1.807) is 36.7 Å². The number of aromatic nitrogens is 1. The molecule has 5 nitrogen and oxygen atoms in total. The summed E-state index contributed by atoms with van der Waals surface area (Å²) in [4.78, 5) is 15.7. The highest BCUT2D eigenvalue weighted by molar-refractivity contribution is 7.19. The summed E-state index contributed by atoms with van der Waals surface area (Å²) in [5.74, 6) is 1.29. The number of ether oxygens (including phenoxy) is 2. The highest BCUT2D eigenvalue weighted by Crippen LogP contribution is 2.34. The van der Waals surface area contributed by atoms with Crippen molar-refractivity contribution in [3.8, 4) is 11.5 Å². The number of thiophene rings is 1. The van der Waals surface area contributed by atoms with Gasteiger partial charge in [-0.1, -0.05) is 11.6 Å². The number of rotatable bonds is 4. The quantitative estimate of drug-likeness (QED) is 0.770. The summed E-state index contributed by atoms with van der Waals surface area (Å²) >= 11 is 7.33. The van der Waals surface area contributed by atoms with Crippen LogP contribution in [-0.2, 0) is 11.3 Å². The second-order valence-corrected chi connectivity index (χ2v) is 6.03. The number of hydrogen-bond acceptors (Lipinski definition) is 5. The molecule has 2 N–H and O–H groups in total. The lowest BCUT2D eigenvalue weighted by molar-refractivity contribution is 0.151. The molecule has 7 heteroatoms. The summed E-state index contributed by atoms with van der Waals surface area (Å²) in [6, 6.07) is 8.97. The molecule has 0 fully saturated rings. The molecule has 1 aromatic carbocycles. The van der Waals surface area contributed by atoms with Crippen LogP contribution in [0.3, 0.4) is 0 Å². The van der Waals surface area contributed by atoms with E-state index in [9.17, 15) is 4.79 Å². The molecule has 1 amide bonds. The standard InChI is InChI=1S/C15H11ClN2O3S/c16-9-1-3-10(4-2-9)21-13-6-18-7-14-12(13)5-11(22-14)8-20-15(17)19/h1-7H,8H2,(H2,17,19). The zero-order chi connectivity index (χ0) is 15.5. The summed E-state index contributed by atoms with van der Waals surface area (Å²) in [7, 11) is 0. The highest BCUT2D eigenvalue weighted by atomic mass is 35.5. The topological polar surface area (TPSA) is 74.4 Å². The molecule has 0 aliphatic heterocycles. The van der Waals surface area contributed by atoms with Crippen molar-refractivity contribution in [3.63, 3.8) is 0 Å². The van der Waals surface area contributed by atoms with Gasteiger partial charge in [0.2, 0.25) is 0 Å². The molecule has 0 atom stereocenters. The Morgan fingerprint density at radius 3 is 2.77 bits per heavy atom. The molecule has 2 aromatic heterocycles. The number of amides is 1. The number of nitrogens with two attached hydrogens (primary N) is 1. The lowest BCUT2D eigenvalue weighted by Crippen LogP contribution is -2.12. The van der Waals surface area contributed by atoms with E-state index in [4.69, 9.17) is 26.8 Å². The van der Waals surface area contributed by atoms with Crippen molar-refractivity contribution in [1.29, 1.82) is 0 Å². The minimum Gasteiger partial charge on any atom is -0.455 e. The Morgan fingerprint density at radius 1 is 1.27 bits per heavy atom. The number of pyridine rings is 1. The smallest absolute Gasteiger partial charge is 0.404 e. The number of nitrogens with zero attached hydrogens (tertiary/aromatic N) is 1. The molecule has 0 unspecified atom stereocenters. The number of carbonyl (C=O) groups excluding carboxylic acids is 1. The Morgan fingerprint density at radius 2 is 2.05 bits per heavy atom. The first-order valence-corrected chi connectivity index (χ1v) is 7.53. The molecule has 3 rings (SSSR count). The maximum atomic E-state index is 10.7. The first-order chi connectivity index (χ1) is 10.6. The van der Waals surface area contributed by atoms with E-state index in [0.29, 0.717) is 16.5 Å². The number of carbonyl (C=O) groups is 1. The van der Waals surface area contributed by atoms with Crippen LogP contribution in [-0.4, -0.2) is 11.1 Å². The Hall–Kier alpha value is -2.31. The molecule has 112 valence electrons. The molecule has 0 aliphatic rings. The van der Waals surface area contributed by atoms with Crippen LogP contribution >= 0.6 is 22.9 Å². The Balaban J connectivity index is 1.89. The van der Waals surface area contributed by atoms with Gasteiger partial charge in [0.1, 0.15) is 12.4 Å². The summed E-state index contributed by atoms with van der Waals surface area (Å²) in [6.45, 7) is 0.134. The fraction of sp³-hybridized carbons (Fsp3) is 0.0667. The summed E-state index contributed by atoms with van der Waals surface area (Å²) in [5, 5.41) is 1.54.